The molecule has 0 spiro atoms. The molecule has 2 aromatic heterocycles. The summed E-state index contributed by atoms with van der Waals surface area (Å²) in [5.74, 6) is 0.00855. The van der Waals surface area contributed by atoms with Gasteiger partial charge in [-0.05, 0) is 43.2 Å². The minimum absolute atomic E-state index is 0.0312. The number of H-pyrrole nitrogens is 1. The second kappa shape index (κ2) is 7.70. The summed E-state index contributed by atoms with van der Waals surface area (Å²) in [6.45, 7) is 3.36. The second-order valence-electron chi connectivity index (χ2n) is 8.61. The van der Waals surface area contributed by atoms with Gasteiger partial charge in [0.25, 0.3) is 0 Å². The highest BCUT2D eigenvalue weighted by atomic mass is 19.1. The van der Waals surface area contributed by atoms with E-state index in [1.807, 2.05) is 19.1 Å². The van der Waals surface area contributed by atoms with E-state index in [0.717, 1.165) is 35.3 Å². The molecule has 3 heterocycles. The van der Waals surface area contributed by atoms with Crippen molar-refractivity contribution >= 4 is 16.7 Å². The average molecular weight is 437 g/mol. The molecule has 0 radical (unpaired) electrons. The van der Waals surface area contributed by atoms with Gasteiger partial charge in [0.1, 0.15) is 29.3 Å². The number of benzene rings is 2. The number of nitrogens with two attached hydrogens (primary N) is 1. The van der Waals surface area contributed by atoms with E-state index in [2.05, 4.69) is 20.9 Å². The predicted octanol–water partition coefficient (Wildman–Crippen LogP) is 4.10. The Balaban J connectivity index is 1.75. The van der Waals surface area contributed by atoms with Gasteiger partial charge in [0.05, 0.1) is 27.9 Å². The SMILES string of the molecule is CC1(N)CCN(c2c(-c3ccc(F)c(C#N)c3)cncc2-c2nc3c(C#N)cccc3[nH]2)C1. The number of halogens is 1. The first-order chi connectivity index (χ1) is 15.9. The minimum atomic E-state index is -0.566. The molecule has 1 aliphatic heterocycles. The molecule has 0 amide bonds. The van der Waals surface area contributed by atoms with E-state index < -0.39 is 5.82 Å². The maximum Gasteiger partial charge on any atom is 0.142 e. The van der Waals surface area contributed by atoms with Crippen LogP contribution in [-0.2, 0) is 0 Å². The van der Waals surface area contributed by atoms with Crippen LogP contribution in [0.3, 0.4) is 0 Å². The first kappa shape index (κ1) is 20.6. The maximum atomic E-state index is 14.0. The number of nitriles is 2. The molecule has 33 heavy (non-hydrogen) atoms. The van der Waals surface area contributed by atoms with Gasteiger partial charge >= 0.3 is 0 Å². The molecule has 1 unspecified atom stereocenters. The van der Waals surface area contributed by atoms with Crippen LogP contribution in [0.1, 0.15) is 24.5 Å². The molecule has 2 aromatic carbocycles. The summed E-state index contributed by atoms with van der Waals surface area (Å²) in [6.07, 6.45) is 4.24. The van der Waals surface area contributed by atoms with E-state index >= 15 is 0 Å². The predicted molar refractivity (Wildman–Crippen MR) is 124 cm³/mol. The lowest BCUT2D eigenvalue weighted by Gasteiger charge is -2.26. The second-order valence-corrected chi connectivity index (χ2v) is 8.61. The van der Waals surface area contributed by atoms with E-state index in [0.29, 0.717) is 29.0 Å². The molecule has 4 aromatic rings. The number of fused-ring (bicyclic) bond motifs is 1. The van der Waals surface area contributed by atoms with Crippen LogP contribution in [0.4, 0.5) is 10.1 Å². The van der Waals surface area contributed by atoms with Gasteiger partial charge in [-0.25, -0.2) is 9.37 Å². The summed E-state index contributed by atoms with van der Waals surface area (Å²) in [6, 6.07) is 14.0. The van der Waals surface area contributed by atoms with E-state index in [-0.39, 0.29) is 11.1 Å². The number of para-hydroxylation sites is 1. The molecule has 1 atom stereocenters. The highest BCUT2D eigenvalue weighted by Crippen LogP contribution is 2.41. The lowest BCUT2D eigenvalue weighted by Crippen LogP contribution is -2.39. The van der Waals surface area contributed by atoms with Gasteiger partial charge in [-0.15, -0.1) is 0 Å². The quantitative estimate of drug-likeness (QED) is 0.498. The average Bonchev–Trinajstić information content (AvgIpc) is 3.41. The van der Waals surface area contributed by atoms with Crippen molar-refractivity contribution in [1.29, 1.82) is 10.5 Å². The van der Waals surface area contributed by atoms with Gasteiger partial charge in [-0.1, -0.05) is 12.1 Å². The van der Waals surface area contributed by atoms with Crippen molar-refractivity contribution < 1.29 is 4.39 Å². The van der Waals surface area contributed by atoms with Gasteiger partial charge in [-0.3, -0.25) is 4.98 Å². The lowest BCUT2D eigenvalue weighted by molar-refractivity contribution is 0.525. The monoisotopic (exact) mass is 437 g/mol. The number of aromatic nitrogens is 3. The number of hydrogen-bond donors (Lipinski definition) is 2. The number of pyridine rings is 1. The first-order valence-corrected chi connectivity index (χ1v) is 10.5. The Hall–Kier alpha value is -4.27. The minimum Gasteiger partial charge on any atom is -0.368 e. The number of nitrogens with zero attached hydrogens (tertiary/aromatic N) is 5. The molecule has 0 saturated carbocycles. The Morgan fingerprint density at radius 2 is 1.91 bits per heavy atom. The first-order valence-electron chi connectivity index (χ1n) is 10.5. The number of anilines is 1. The van der Waals surface area contributed by atoms with E-state index in [1.165, 1.54) is 12.1 Å². The highest BCUT2D eigenvalue weighted by molar-refractivity contribution is 5.92. The van der Waals surface area contributed by atoms with Crippen LogP contribution in [0, 0.1) is 28.5 Å². The van der Waals surface area contributed by atoms with Gasteiger partial charge in [0.2, 0.25) is 0 Å². The van der Waals surface area contributed by atoms with Crippen molar-refractivity contribution in [3.05, 3.63) is 65.7 Å². The molecule has 8 heteroatoms. The molecule has 1 saturated heterocycles. The smallest absolute Gasteiger partial charge is 0.142 e. The molecule has 0 aliphatic carbocycles. The highest BCUT2D eigenvalue weighted by Gasteiger charge is 2.33. The van der Waals surface area contributed by atoms with Gasteiger partial charge in [0.15, 0.2) is 0 Å². The normalized spacial score (nSPS) is 17.8. The number of imidazole rings is 1. The third-order valence-electron chi connectivity index (χ3n) is 6.02. The molecule has 3 N–H and O–H groups in total. The summed E-state index contributed by atoms with van der Waals surface area (Å²) in [5.41, 5.74) is 10.9. The number of hydrogen-bond acceptors (Lipinski definition) is 6. The number of aromatic amines is 1. The largest absolute Gasteiger partial charge is 0.368 e. The molecule has 162 valence electrons. The summed E-state index contributed by atoms with van der Waals surface area (Å²) >= 11 is 0. The third kappa shape index (κ3) is 3.57. The van der Waals surface area contributed by atoms with Crippen LogP contribution in [0.5, 0.6) is 0 Å². The number of nitrogens with one attached hydrogen (secondary N) is 1. The molecule has 5 rings (SSSR count). The Labute approximate surface area is 189 Å². The fourth-order valence-corrected chi connectivity index (χ4v) is 4.38. The Bertz CT molecular complexity index is 1470. The Kier molecular flexibility index (Phi) is 4.81. The fourth-order valence-electron chi connectivity index (χ4n) is 4.38. The summed E-state index contributed by atoms with van der Waals surface area (Å²) in [5, 5.41) is 18.8. The fraction of sp³-hybridized carbons (Fsp3) is 0.200. The standard InChI is InChI=1S/C25H20FN7/c1-25(29)7-8-33(14-25)23-18(15-5-6-20(26)17(9-15)11-28)12-30-13-19(23)24-31-21-4-2-3-16(10-27)22(21)32-24/h2-6,9,12-13H,7-8,14,29H2,1H3,(H,31,32). The van der Waals surface area contributed by atoms with Crippen molar-refractivity contribution in [2.24, 2.45) is 5.73 Å². The van der Waals surface area contributed by atoms with Crippen molar-refractivity contribution in [2.75, 3.05) is 18.0 Å². The molecular weight excluding hydrogens is 417 g/mol. The molecule has 7 nitrogen and oxygen atoms in total. The third-order valence-corrected chi connectivity index (χ3v) is 6.02. The lowest BCUT2D eigenvalue weighted by atomic mass is 9.99. The van der Waals surface area contributed by atoms with Crippen LogP contribution >= 0.6 is 0 Å². The van der Waals surface area contributed by atoms with Crippen molar-refractivity contribution in [3.8, 4) is 34.7 Å². The van der Waals surface area contributed by atoms with E-state index in [4.69, 9.17) is 10.7 Å². The van der Waals surface area contributed by atoms with Gasteiger partial charge < -0.3 is 15.6 Å². The summed E-state index contributed by atoms with van der Waals surface area (Å²) in [4.78, 5) is 14.6. The number of rotatable bonds is 3. The summed E-state index contributed by atoms with van der Waals surface area (Å²) in [7, 11) is 0. The van der Waals surface area contributed by atoms with Gasteiger partial charge in [0, 0.05) is 36.6 Å². The van der Waals surface area contributed by atoms with Crippen LogP contribution < -0.4 is 10.6 Å². The molecular formula is C25H20FN7. The van der Waals surface area contributed by atoms with E-state index in [1.54, 1.807) is 30.6 Å². The Morgan fingerprint density at radius 3 is 2.64 bits per heavy atom. The molecule has 0 bridgehead atoms. The molecule has 1 fully saturated rings. The zero-order valence-corrected chi connectivity index (χ0v) is 17.9. The summed E-state index contributed by atoms with van der Waals surface area (Å²) < 4.78 is 14.0. The van der Waals surface area contributed by atoms with Gasteiger partial charge in [-0.2, -0.15) is 10.5 Å². The molecule has 1 aliphatic rings. The van der Waals surface area contributed by atoms with Crippen LogP contribution in [-0.4, -0.2) is 33.6 Å². The van der Waals surface area contributed by atoms with Crippen molar-refractivity contribution in [3.63, 3.8) is 0 Å². The zero-order valence-electron chi connectivity index (χ0n) is 17.9. The van der Waals surface area contributed by atoms with Crippen molar-refractivity contribution in [2.45, 2.75) is 18.9 Å². The van der Waals surface area contributed by atoms with Crippen molar-refractivity contribution in [1.82, 2.24) is 15.0 Å². The Morgan fingerprint density at radius 1 is 1.12 bits per heavy atom. The van der Waals surface area contributed by atoms with Crippen LogP contribution in [0.25, 0.3) is 33.5 Å². The van der Waals surface area contributed by atoms with Crippen LogP contribution in [0.2, 0.25) is 0 Å². The maximum absolute atomic E-state index is 14.0. The topological polar surface area (TPSA) is 118 Å². The zero-order chi connectivity index (χ0) is 23.2. The van der Waals surface area contributed by atoms with E-state index in [9.17, 15) is 14.9 Å². The van der Waals surface area contributed by atoms with Crippen LogP contribution in [0.15, 0.2) is 48.8 Å².